The predicted octanol–water partition coefficient (Wildman–Crippen LogP) is 3.16. The van der Waals surface area contributed by atoms with Crippen molar-refractivity contribution >= 4 is 27.9 Å². The molecule has 0 unspecified atom stereocenters. The zero-order valence-electron chi connectivity index (χ0n) is 13.6. The van der Waals surface area contributed by atoms with Crippen molar-refractivity contribution in [1.82, 2.24) is 4.90 Å². The number of nitro groups is 1. The van der Waals surface area contributed by atoms with E-state index in [2.05, 4.69) is 23.2 Å². The van der Waals surface area contributed by atoms with Gasteiger partial charge in [-0.3, -0.25) is 19.8 Å². The molecule has 7 nitrogen and oxygen atoms in total. The number of hydrogen-bond acceptors (Lipinski definition) is 6. The van der Waals surface area contributed by atoms with Crippen molar-refractivity contribution in [3.05, 3.63) is 55.9 Å². The lowest BCUT2D eigenvalue weighted by molar-refractivity contribution is -0.384. The molecule has 1 aliphatic heterocycles. The molecule has 0 fully saturated rings. The van der Waals surface area contributed by atoms with Crippen LogP contribution in [0.5, 0.6) is 0 Å². The minimum atomic E-state index is -0.512. The molecule has 0 saturated heterocycles. The van der Waals surface area contributed by atoms with E-state index in [0.717, 1.165) is 36.5 Å². The van der Waals surface area contributed by atoms with E-state index < -0.39 is 4.92 Å². The van der Waals surface area contributed by atoms with Crippen LogP contribution in [-0.4, -0.2) is 28.8 Å². The lowest BCUT2D eigenvalue weighted by atomic mass is 10.0. The van der Waals surface area contributed by atoms with Gasteiger partial charge in [-0.25, -0.2) is 0 Å². The Morgan fingerprint density at radius 2 is 2.16 bits per heavy atom. The number of carbonyl (C=O) groups excluding carboxylic acids is 1. The number of nitriles is 1. The van der Waals surface area contributed by atoms with Gasteiger partial charge in [0.25, 0.3) is 11.6 Å². The van der Waals surface area contributed by atoms with Crippen molar-refractivity contribution in [3.63, 3.8) is 0 Å². The van der Waals surface area contributed by atoms with Gasteiger partial charge in [-0.15, -0.1) is 11.3 Å². The van der Waals surface area contributed by atoms with Crippen LogP contribution in [0.2, 0.25) is 0 Å². The molecule has 2 aromatic rings. The zero-order chi connectivity index (χ0) is 18.0. The summed E-state index contributed by atoms with van der Waals surface area (Å²) in [5, 5.41) is 23.5. The van der Waals surface area contributed by atoms with E-state index in [-0.39, 0.29) is 11.6 Å². The fourth-order valence-electron chi connectivity index (χ4n) is 2.84. The smallest absolute Gasteiger partial charge is 0.269 e. The fourth-order valence-corrected chi connectivity index (χ4v) is 4.08. The highest BCUT2D eigenvalue weighted by Crippen LogP contribution is 2.36. The summed E-state index contributed by atoms with van der Waals surface area (Å²) in [5.41, 5.74) is 1.80. The molecule has 1 N–H and O–H groups in total. The number of amides is 1. The van der Waals surface area contributed by atoms with E-state index in [4.69, 9.17) is 0 Å². The molecule has 0 atom stereocenters. The van der Waals surface area contributed by atoms with Gasteiger partial charge in [-0.1, -0.05) is 6.92 Å². The first-order chi connectivity index (χ1) is 12.0. The number of thiophene rings is 1. The second-order valence-corrected chi connectivity index (χ2v) is 6.80. The molecule has 1 aromatic carbocycles. The Balaban J connectivity index is 1.83. The number of hydrogen-bond donors (Lipinski definition) is 1. The van der Waals surface area contributed by atoms with Crippen molar-refractivity contribution in [3.8, 4) is 6.07 Å². The van der Waals surface area contributed by atoms with Crippen molar-refractivity contribution in [1.29, 1.82) is 5.26 Å². The molecule has 1 aromatic heterocycles. The SMILES string of the molecule is CCN1CCc2c(sc(NC(=O)c3ccc([N+](=O)[O-])cc3)c2C#N)C1. The topological polar surface area (TPSA) is 99.3 Å². The standard InChI is InChI=1S/C17H16N4O3S/c1-2-20-8-7-13-14(9-18)17(25-15(13)10-20)19-16(22)11-3-5-12(6-4-11)21(23)24/h3-6H,2,7-8,10H2,1H3,(H,19,22). The fraction of sp³-hybridized carbons (Fsp3) is 0.294. The van der Waals surface area contributed by atoms with Crippen molar-refractivity contribution in [2.24, 2.45) is 0 Å². The average molecular weight is 356 g/mol. The Kier molecular flexibility index (Phi) is 4.79. The lowest BCUT2D eigenvalue weighted by Gasteiger charge is -2.24. The summed E-state index contributed by atoms with van der Waals surface area (Å²) in [6, 6.07) is 7.60. The highest BCUT2D eigenvalue weighted by molar-refractivity contribution is 7.16. The highest BCUT2D eigenvalue weighted by atomic mass is 32.1. The number of carbonyl (C=O) groups is 1. The third-order valence-electron chi connectivity index (χ3n) is 4.26. The normalized spacial score (nSPS) is 13.8. The summed E-state index contributed by atoms with van der Waals surface area (Å²) in [4.78, 5) is 26.0. The Bertz CT molecular complexity index is 867. The molecule has 0 radical (unpaired) electrons. The third-order valence-corrected chi connectivity index (χ3v) is 5.39. The first kappa shape index (κ1) is 17.1. The van der Waals surface area contributed by atoms with E-state index in [0.29, 0.717) is 16.1 Å². The van der Waals surface area contributed by atoms with Crippen LogP contribution < -0.4 is 5.32 Å². The van der Waals surface area contributed by atoms with E-state index in [9.17, 15) is 20.2 Å². The summed E-state index contributed by atoms with van der Waals surface area (Å²) in [6.07, 6.45) is 0.802. The van der Waals surface area contributed by atoms with Gasteiger partial charge in [0.05, 0.1) is 10.5 Å². The number of anilines is 1. The maximum Gasteiger partial charge on any atom is 0.269 e. The van der Waals surface area contributed by atoms with Crippen LogP contribution in [0.3, 0.4) is 0 Å². The lowest BCUT2D eigenvalue weighted by Crippen LogP contribution is -2.29. The average Bonchev–Trinajstić information content (AvgIpc) is 2.97. The molecule has 8 heteroatoms. The Morgan fingerprint density at radius 1 is 1.44 bits per heavy atom. The number of rotatable bonds is 4. The Morgan fingerprint density at radius 3 is 2.76 bits per heavy atom. The molecule has 1 aliphatic rings. The summed E-state index contributed by atoms with van der Waals surface area (Å²) in [7, 11) is 0. The molecule has 0 bridgehead atoms. The van der Waals surface area contributed by atoms with Crippen molar-refractivity contribution in [2.45, 2.75) is 19.9 Å². The summed E-state index contributed by atoms with van der Waals surface area (Å²) >= 11 is 1.43. The molecular formula is C17H16N4O3S. The summed E-state index contributed by atoms with van der Waals surface area (Å²) in [5.74, 6) is -0.377. The molecule has 128 valence electrons. The van der Waals surface area contributed by atoms with Gasteiger partial charge in [-0.05, 0) is 30.7 Å². The van der Waals surface area contributed by atoms with Crippen molar-refractivity contribution in [2.75, 3.05) is 18.4 Å². The largest absolute Gasteiger partial charge is 0.312 e. The maximum atomic E-state index is 12.4. The molecule has 1 amide bonds. The van der Waals surface area contributed by atoms with Gasteiger partial charge >= 0.3 is 0 Å². The first-order valence-electron chi connectivity index (χ1n) is 7.86. The molecule has 0 aliphatic carbocycles. The predicted molar refractivity (Wildman–Crippen MR) is 94.7 cm³/mol. The van der Waals surface area contributed by atoms with Gasteiger partial charge in [0.2, 0.25) is 0 Å². The summed E-state index contributed by atoms with van der Waals surface area (Å²) < 4.78 is 0. The van der Waals surface area contributed by atoms with E-state index in [1.165, 1.54) is 35.6 Å². The van der Waals surface area contributed by atoms with E-state index in [1.54, 1.807) is 0 Å². The van der Waals surface area contributed by atoms with Gasteiger partial charge in [0.1, 0.15) is 11.1 Å². The zero-order valence-corrected chi connectivity index (χ0v) is 14.4. The van der Waals surface area contributed by atoms with Gasteiger partial charge in [0, 0.05) is 35.7 Å². The monoisotopic (exact) mass is 356 g/mol. The number of nitrogens with zero attached hydrogens (tertiary/aromatic N) is 3. The third kappa shape index (κ3) is 3.38. The number of nitro benzene ring substituents is 1. The minimum Gasteiger partial charge on any atom is -0.312 e. The van der Waals surface area contributed by atoms with Crippen LogP contribution in [0.4, 0.5) is 10.7 Å². The second-order valence-electron chi connectivity index (χ2n) is 5.70. The molecule has 0 spiro atoms. The number of non-ortho nitro benzene ring substituents is 1. The molecule has 3 rings (SSSR count). The van der Waals surface area contributed by atoms with Crippen molar-refractivity contribution < 1.29 is 9.72 Å². The minimum absolute atomic E-state index is 0.0690. The van der Waals surface area contributed by atoms with Crippen LogP contribution in [0.25, 0.3) is 0 Å². The van der Waals surface area contributed by atoms with Gasteiger partial charge in [-0.2, -0.15) is 5.26 Å². The Hall–Kier alpha value is -2.76. The second kappa shape index (κ2) is 7.01. The first-order valence-corrected chi connectivity index (χ1v) is 8.68. The number of likely N-dealkylation sites (N-methyl/N-ethyl adjacent to an activating group) is 1. The van der Waals surface area contributed by atoms with E-state index >= 15 is 0 Å². The summed E-state index contributed by atoms with van der Waals surface area (Å²) in [6.45, 7) is 4.74. The molecule has 25 heavy (non-hydrogen) atoms. The molecular weight excluding hydrogens is 340 g/mol. The Labute approximate surface area is 148 Å². The molecule has 0 saturated carbocycles. The highest BCUT2D eigenvalue weighted by Gasteiger charge is 2.24. The number of benzene rings is 1. The van der Waals surface area contributed by atoms with Crippen LogP contribution in [0.15, 0.2) is 24.3 Å². The number of nitrogens with one attached hydrogen (secondary N) is 1. The van der Waals surface area contributed by atoms with E-state index in [1.807, 2.05) is 0 Å². The van der Waals surface area contributed by atoms with Crippen LogP contribution >= 0.6 is 11.3 Å². The number of fused-ring (bicyclic) bond motifs is 1. The van der Waals surface area contributed by atoms with Gasteiger partial charge in [0.15, 0.2) is 0 Å². The van der Waals surface area contributed by atoms with Gasteiger partial charge < -0.3 is 5.32 Å². The van der Waals surface area contributed by atoms with Crippen LogP contribution in [0, 0.1) is 21.4 Å². The maximum absolute atomic E-state index is 12.4. The van der Waals surface area contributed by atoms with Crippen LogP contribution in [-0.2, 0) is 13.0 Å². The molecule has 2 heterocycles. The quantitative estimate of drug-likeness (QED) is 0.670. The van der Waals surface area contributed by atoms with Crippen LogP contribution in [0.1, 0.15) is 33.3 Å².